The average molecular weight is 214 g/mol. The molecule has 0 spiro atoms. The van der Waals surface area contributed by atoms with E-state index in [-0.39, 0.29) is 0 Å². The lowest BCUT2D eigenvalue weighted by Crippen LogP contribution is -2.07. The van der Waals surface area contributed by atoms with Crippen molar-refractivity contribution in [3.05, 3.63) is 0 Å². The highest BCUT2D eigenvalue weighted by Gasteiger charge is 2.15. The fraction of sp³-hybridized carbons (Fsp3) is 1.00. The number of hydrogen-bond donors (Lipinski definition) is 0. The summed E-state index contributed by atoms with van der Waals surface area (Å²) in [5.41, 5.74) is 0. The molecule has 0 radical (unpaired) electrons. The molecule has 0 aromatic rings. The van der Waals surface area contributed by atoms with Crippen molar-refractivity contribution in [3.63, 3.8) is 0 Å². The smallest absolute Gasteiger partial charge is 0.00497 e. The molecule has 1 aliphatic carbocycles. The van der Waals surface area contributed by atoms with Gasteiger partial charge in [0.25, 0.3) is 0 Å². The first-order valence-electron chi connectivity index (χ1n) is 6.48. The van der Waals surface area contributed by atoms with Crippen LogP contribution in [-0.2, 0) is 0 Å². The molecule has 0 nitrogen and oxygen atoms in total. The maximum absolute atomic E-state index is 2.42. The summed E-state index contributed by atoms with van der Waals surface area (Å²) in [4.78, 5) is 0. The predicted octanol–water partition coefficient (Wildman–Crippen LogP) is 5.02. The van der Waals surface area contributed by atoms with E-state index in [2.05, 4.69) is 25.6 Å². The van der Waals surface area contributed by atoms with E-state index in [0.29, 0.717) is 0 Å². The van der Waals surface area contributed by atoms with Crippen LogP contribution in [0.2, 0.25) is 0 Å². The van der Waals surface area contributed by atoms with E-state index >= 15 is 0 Å². The first kappa shape index (κ1) is 12.4. The van der Waals surface area contributed by atoms with Crippen LogP contribution >= 0.6 is 11.8 Å². The molecule has 0 amide bonds. The summed E-state index contributed by atoms with van der Waals surface area (Å²) in [5.74, 6) is 0. The second-order valence-corrected chi connectivity index (χ2v) is 6.45. The third-order valence-electron chi connectivity index (χ3n) is 3.19. The zero-order valence-corrected chi connectivity index (χ0v) is 10.7. The van der Waals surface area contributed by atoms with E-state index < -0.39 is 0 Å². The van der Waals surface area contributed by atoms with E-state index in [1.54, 1.807) is 0 Å². The number of thioether (sulfide) groups is 1. The highest BCUT2D eigenvalue weighted by molar-refractivity contribution is 8.00. The van der Waals surface area contributed by atoms with E-state index in [4.69, 9.17) is 0 Å². The summed E-state index contributed by atoms with van der Waals surface area (Å²) in [6.45, 7) is 4.72. The van der Waals surface area contributed by atoms with Gasteiger partial charge in [-0.15, -0.1) is 0 Å². The highest BCUT2D eigenvalue weighted by Crippen LogP contribution is 2.31. The van der Waals surface area contributed by atoms with Crippen molar-refractivity contribution < 1.29 is 0 Å². The number of unbranched alkanes of at least 4 members (excludes halogenated alkanes) is 1. The zero-order chi connectivity index (χ0) is 10.2. The summed E-state index contributed by atoms with van der Waals surface area (Å²) in [6, 6.07) is 0. The molecular formula is C13H26S. The van der Waals surface area contributed by atoms with E-state index in [1.165, 1.54) is 57.8 Å². The van der Waals surface area contributed by atoms with Gasteiger partial charge in [-0.05, 0) is 19.3 Å². The first-order valence-corrected chi connectivity index (χ1v) is 7.42. The van der Waals surface area contributed by atoms with E-state index in [1.807, 2.05) is 0 Å². The van der Waals surface area contributed by atoms with Crippen molar-refractivity contribution in [2.45, 2.75) is 82.1 Å². The molecule has 1 rings (SSSR count). The molecule has 1 heteroatoms. The Hall–Kier alpha value is 0.350. The molecule has 1 atom stereocenters. The lowest BCUT2D eigenvalue weighted by atomic mass is 10.2. The molecule has 14 heavy (non-hydrogen) atoms. The Bertz CT molecular complexity index is 125. The Kier molecular flexibility index (Phi) is 6.76. The molecule has 1 fully saturated rings. The lowest BCUT2D eigenvalue weighted by molar-refractivity contribution is 0.688. The predicted molar refractivity (Wildman–Crippen MR) is 68.1 cm³/mol. The van der Waals surface area contributed by atoms with Crippen LogP contribution in [0.5, 0.6) is 0 Å². The van der Waals surface area contributed by atoms with Gasteiger partial charge in [-0.25, -0.2) is 0 Å². The van der Waals surface area contributed by atoms with Crippen molar-refractivity contribution in [3.8, 4) is 0 Å². The fourth-order valence-electron chi connectivity index (χ4n) is 2.27. The summed E-state index contributed by atoms with van der Waals surface area (Å²) in [5, 5.41) is 1.89. The van der Waals surface area contributed by atoms with Crippen molar-refractivity contribution >= 4 is 11.8 Å². The van der Waals surface area contributed by atoms with Gasteiger partial charge in [-0.2, -0.15) is 11.8 Å². The Morgan fingerprint density at radius 1 is 1.14 bits per heavy atom. The Labute approximate surface area is 94.2 Å². The molecule has 0 saturated heterocycles. The van der Waals surface area contributed by atoms with Gasteiger partial charge < -0.3 is 0 Å². The minimum atomic E-state index is 0.901. The molecule has 0 aliphatic heterocycles. The van der Waals surface area contributed by atoms with Gasteiger partial charge in [0, 0.05) is 10.5 Å². The minimum Gasteiger partial charge on any atom is -0.155 e. The third kappa shape index (κ3) is 5.29. The summed E-state index contributed by atoms with van der Waals surface area (Å²) in [6.07, 6.45) is 13.1. The largest absolute Gasteiger partial charge is 0.155 e. The van der Waals surface area contributed by atoms with Crippen molar-refractivity contribution in [1.29, 1.82) is 0 Å². The fourth-order valence-corrected chi connectivity index (χ4v) is 3.83. The molecule has 0 heterocycles. The zero-order valence-electron chi connectivity index (χ0n) is 9.93. The van der Waals surface area contributed by atoms with Gasteiger partial charge in [0.1, 0.15) is 0 Å². The molecule has 0 aromatic carbocycles. The molecular weight excluding hydrogens is 188 g/mol. The maximum atomic E-state index is 2.42. The van der Waals surface area contributed by atoms with Crippen LogP contribution in [0.25, 0.3) is 0 Å². The Morgan fingerprint density at radius 2 is 1.79 bits per heavy atom. The standard InChI is InChI=1S/C13H26S/c1-3-4-9-12(2)14-13-10-7-5-6-8-11-13/h12-13H,3-11H2,1-2H3. The summed E-state index contributed by atoms with van der Waals surface area (Å²) >= 11 is 2.27. The number of hydrogen-bond acceptors (Lipinski definition) is 1. The molecule has 0 aromatic heterocycles. The van der Waals surface area contributed by atoms with Crippen LogP contribution in [0, 0.1) is 0 Å². The minimum absolute atomic E-state index is 0.901. The van der Waals surface area contributed by atoms with Crippen LogP contribution in [0.4, 0.5) is 0 Å². The molecule has 0 N–H and O–H groups in total. The summed E-state index contributed by atoms with van der Waals surface area (Å²) in [7, 11) is 0. The van der Waals surface area contributed by atoms with E-state index in [0.717, 1.165) is 10.5 Å². The third-order valence-corrected chi connectivity index (χ3v) is 4.75. The van der Waals surface area contributed by atoms with E-state index in [9.17, 15) is 0 Å². The van der Waals surface area contributed by atoms with Crippen molar-refractivity contribution in [2.24, 2.45) is 0 Å². The maximum Gasteiger partial charge on any atom is 0.00497 e. The lowest BCUT2D eigenvalue weighted by Gasteiger charge is -2.18. The van der Waals surface area contributed by atoms with Gasteiger partial charge in [-0.1, -0.05) is 52.4 Å². The van der Waals surface area contributed by atoms with Crippen LogP contribution in [0.3, 0.4) is 0 Å². The average Bonchev–Trinajstić information content (AvgIpc) is 2.43. The van der Waals surface area contributed by atoms with Gasteiger partial charge in [0.15, 0.2) is 0 Å². The highest BCUT2D eigenvalue weighted by atomic mass is 32.2. The Morgan fingerprint density at radius 3 is 2.36 bits per heavy atom. The van der Waals surface area contributed by atoms with Gasteiger partial charge in [0.2, 0.25) is 0 Å². The SMILES string of the molecule is CCCCC(C)SC1CCCCCC1. The molecule has 1 unspecified atom stereocenters. The van der Waals surface area contributed by atoms with Crippen LogP contribution in [0.15, 0.2) is 0 Å². The molecule has 1 saturated carbocycles. The topological polar surface area (TPSA) is 0 Å². The number of rotatable bonds is 5. The van der Waals surface area contributed by atoms with Crippen LogP contribution < -0.4 is 0 Å². The second kappa shape index (κ2) is 7.62. The molecule has 84 valence electrons. The quantitative estimate of drug-likeness (QED) is 0.579. The second-order valence-electron chi connectivity index (χ2n) is 4.70. The molecule has 1 aliphatic rings. The molecule has 0 bridgehead atoms. The normalized spacial score (nSPS) is 21.9. The van der Waals surface area contributed by atoms with Crippen LogP contribution in [0.1, 0.15) is 71.6 Å². The van der Waals surface area contributed by atoms with Gasteiger partial charge in [-0.3, -0.25) is 0 Å². The van der Waals surface area contributed by atoms with Crippen molar-refractivity contribution in [2.75, 3.05) is 0 Å². The monoisotopic (exact) mass is 214 g/mol. The van der Waals surface area contributed by atoms with Gasteiger partial charge in [0.05, 0.1) is 0 Å². The first-order chi connectivity index (χ1) is 6.83. The van der Waals surface area contributed by atoms with Crippen molar-refractivity contribution in [1.82, 2.24) is 0 Å². The van der Waals surface area contributed by atoms with Gasteiger partial charge >= 0.3 is 0 Å². The van der Waals surface area contributed by atoms with Crippen LogP contribution in [-0.4, -0.2) is 10.5 Å². The summed E-state index contributed by atoms with van der Waals surface area (Å²) < 4.78 is 0. The Balaban J connectivity index is 2.13.